The number of nitrogens with one attached hydrogen (secondary N) is 1. The van der Waals surface area contributed by atoms with E-state index in [2.05, 4.69) is 15.2 Å². The molecule has 0 amide bonds. The van der Waals surface area contributed by atoms with Crippen molar-refractivity contribution in [1.82, 2.24) is 19.7 Å². The van der Waals surface area contributed by atoms with Crippen molar-refractivity contribution in [3.8, 4) is 5.75 Å². The molecule has 6 nitrogen and oxygen atoms in total. The van der Waals surface area contributed by atoms with E-state index in [1.807, 2.05) is 0 Å². The first-order valence-corrected chi connectivity index (χ1v) is 7.35. The van der Waals surface area contributed by atoms with E-state index < -0.39 is 0 Å². The molecule has 0 aliphatic heterocycles. The molecule has 1 aliphatic rings. The number of aromatic nitrogens is 4. The van der Waals surface area contributed by atoms with Crippen molar-refractivity contribution in [3.05, 3.63) is 51.8 Å². The maximum Gasteiger partial charge on any atom is 0.261 e. The molecular weight excluding hydrogens is 280 g/mol. The fraction of sp³-hybridized carbons (Fsp3) is 0.312. The quantitative estimate of drug-likeness (QED) is 0.798. The minimum atomic E-state index is -0.0707. The maximum absolute atomic E-state index is 12.7. The molecule has 3 aromatic rings. The largest absolute Gasteiger partial charge is 0.494 e. The molecule has 0 atom stereocenters. The van der Waals surface area contributed by atoms with Gasteiger partial charge >= 0.3 is 0 Å². The third-order valence-electron chi connectivity index (χ3n) is 4.25. The van der Waals surface area contributed by atoms with Gasteiger partial charge in [-0.05, 0) is 37.0 Å². The third kappa shape index (κ3) is 1.91. The number of H-pyrrole nitrogens is 1. The highest BCUT2D eigenvalue weighted by atomic mass is 16.5. The highest BCUT2D eigenvalue weighted by Gasteiger charge is 2.19. The van der Waals surface area contributed by atoms with Gasteiger partial charge in [-0.2, -0.15) is 5.10 Å². The van der Waals surface area contributed by atoms with Crippen LogP contribution in [-0.2, 0) is 19.4 Å². The normalized spacial score (nSPS) is 13.5. The van der Waals surface area contributed by atoms with Crippen LogP contribution in [0.3, 0.4) is 0 Å². The van der Waals surface area contributed by atoms with Gasteiger partial charge in [-0.1, -0.05) is 6.07 Å². The molecule has 0 unspecified atom stereocenters. The lowest BCUT2D eigenvalue weighted by Crippen LogP contribution is -2.22. The van der Waals surface area contributed by atoms with E-state index in [-0.39, 0.29) is 5.56 Å². The molecule has 4 rings (SSSR count). The zero-order valence-electron chi connectivity index (χ0n) is 12.3. The van der Waals surface area contributed by atoms with E-state index in [9.17, 15) is 4.79 Å². The molecule has 0 radical (unpaired) electrons. The second-order valence-electron chi connectivity index (χ2n) is 5.52. The number of rotatable bonds is 3. The molecular formula is C16H16N4O2. The Morgan fingerprint density at radius 2 is 2.27 bits per heavy atom. The lowest BCUT2D eigenvalue weighted by atomic mass is 10.2. The van der Waals surface area contributed by atoms with Crippen LogP contribution in [0.15, 0.2) is 29.3 Å². The Morgan fingerprint density at radius 3 is 3.14 bits per heavy atom. The molecule has 2 heterocycles. The molecule has 0 spiro atoms. The first-order valence-electron chi connectivity index (χ1n) is 7.35. The highest BCUT2D eigenvalue weighted by molar-refractivity contribution is 5.83. The zero-order chi connectivity index (χ0) is 15.1. The molecule has 1 N–H and O–H groups in total. The molecule has 2 aromatic heterocycles. The molecule has 0 saturated heterocycles. The van der Waals surface area contributed by atoms with Crippen molar-refractivity contribution in [1.29, 1.82) is 0 Å². The van der Waals surface area contributed by atoms with Crippen LogP contribution in [0.5, 0.6) is 5.75 Å². The van der Waals surface area contributed by atoms with Crippen LogP contribution in [0.4, 0.5) is 0 Å². The second-order valence-corrected chi connectivity index (χ2v) is 5.52. The highest BCUT2D eigenvalue weighted by Crippen LogP contribution is 2.24. The van der Waals surface area contributed by atoms with Gasteiger partial charge in [0.2, 0.25) is 0 Å². The average Bonchev–Trinajstić information content (AvgIpc) is 3.14. The van der Waals surface area contributed by atoms with Gasteiger partial charge in [0.05, 0.1) is 31.1 Å². The van der Waals surface area contributed by atoms with E-state index in [1.54, 1.807) is 36.2 Å². The molecule has 1 aromatic carbocycles. The van der Waals surface area contributed by atoms with E-state index in [1.165, 1.54) is 11.3 Å². The third-order valence-corrected chi connectivity index (χ3v) is 4.25. The summed E-state index contributed by atoms with van der Waals surface area (Å²) in [6.07, 6.45) is 4.80. The first-order chi connectivity index (χ1) is 10.8. The van der Waals surface area contributed by atoms with E-state index in [4.69, 9.17) is 4.74 Å². The Bertz CT molecular complexity index is 910. The number of aromatic amines is 1. The number of nitrogens with zero attached hydrogens (tertiary/aromatic N) is 3. The van der Waals surface area contributed by atoms with Gasteiger partial charge in [-0.3, -0.25) is 14.5 Å². The van der Waals surface area contributed by atoms with Crippen molar-refractivity contribution in [2.75, 3.05) is 7.11 Å². The lowest BCUT2D eigenvalue weighted by molar-refractivity contribution is 0.418. The number of hydrogen-bond acceptors (Lipinski definition) is 4. The number of para-hydroxylation sites is 1. The topological polar surface area (TPSA) is 72.8 Å². The summed E-state index contributed by atoms with van der Waals surface area (Å²) < 4.78 is 6.87. The summed E-state index contributed by atoms with van der Waals surface area (Å²) in [7, 11) is 1.58. The van der Waals surface area contributed by atoms with E-state index in [0.717, 1.165) is 25.0 Å². The van der Waals surface area contributed by atoms with Crippen LogP contribution in [0.2, 0.25) is 0 Å². The Labute approximate surface area is 126 Å². The fourth-order valence-electron chi connectivity index (χ4n) is 3.12. The smallest absolute Gasteiger partial charge is 0.261 e. The number of benzene rings is 1. The number of fused-ring (bicyclic) bond motifs is 2. The minimum Gasteiger partial charge on any atom is -0.494 e. The van der Waals surface area contributed by atoms with Gasteiger partial charge in [-0.25, -0.2) is 4.98 Å². The molecule has 6 heteroatoms. The predicted molar refractivity (Wildman–Crippen MR) is 82.3 cm³/mol. The SMILES string of the molecule is COc1cccc2c(=O)n(Cc3n[nH]c4c3CCC4)cnc12. The summed E-state index contributed by atoms with van der Waals surface area (Å²) in [6, 6.07) is 5.39. The van der Waals surface area contributed by atoms with Crippen molar-refractivity contribution in [3.63, 3.8) is 0 Å². The number of ether oxygens (including phenoxy) is 1. The summed E-state index contributed by atoms with van der Waals surface area (Å²) in [6.45, 7) is 0.449. The molecule has 112 valence electrons. The molecule has 22 heavy (non-hydrogen) atoms. The number of hydrogen-bond donors (Lipinski definition) is 1. The zero-order valence-corrected chi connectivity index (χ0v) is 12.3. The second kappa shape index (κ2) is 4.98. The standard InChI is InChI=1S/C16H16N4O2/c1-22-14-7-3-5-11-15(14)17-9-20(16(11)21)8-13-10-4-2-6-12(10)18-19-13/h3,5,7,9H,2,4,6,8H2,1H3,(H,18,19). The Hall–Kier alpha value is -2.63. The van der Waals surface area contributed by atoms with Gasteiger partial charge in [-0.15, -0.1) is 0 Å². The Kier molecular flexibility index (Phi) is 2.96. The monoisotopic (exact) mass is 296 g/mol. The minimum absolute atomic E-state index is 0.0707. The van der Waals surface area contributed by atoms with E-state index in [0.29, 0.717) is 23.2 Å². The first kappa shape index (κ1) is 13.1. The van der Waals surface area contributed by atoms with Gasteiger partial charge in [0.1, 0.15) is 11.3 Å². The predicted octanol–water partition coefficient (Wildman–Crippen LogP) is 1.67. The summed E-state index contributed by atoms with van der Waals surface area (Å²) in [5.41, 5.74) is 3.94. The lowest BCUT2D eigenvalue weighted by Gasteiger charge is -2.08. The Balaban J connectivity index is 1.79. The van der Waals surface area contributed by atoms with Crippen molar-refractivity contribution < 1.29 is 4.74 Å². The summed E-state index contributed by atoms with van der Waals surface area (Å²) in [5.74, 6) is 0.613. The van der Waals surface area contributed by atoms with Crippen molar-refractivity contribution in [2.24, 2.45) is 0 Å². The molecule has 1 aliphatic carbocycles. The van der Waals surface area contributed by atoms with Crippen LogP contribution < -0.4 is 10.3 Å². The van der Waals surface area contributed by atoms with Crippen molar-refractivity contribution in [2.45, 2.75) is 25.8 Å². The summed E-state index contributed by atoms with van der Waals surface area (Å²) in [4.78, 5) is 17.0. The summed E-state index contributed by atoms with van der Waals surface area (Å²) in [5, 5.41) is 7.99. The molecule has 0 bridgehead atoms. The van der Waals surface area contributed by atoms with Crippen LogP contribution in [-0.4, -0.2) is 26.9 Å². The van der Waals surface area contributed by atoms with Crippen LogP contribution in [0.25, 0.3) is 10.9 Å². The Morgan fingerprint density at radius 1 is 1.36 bits per heavy atom. The van der Waals surface area contributed by atoms with Gasteiger partial charge in [0.15, 0.2) is 0 Å². The van der Waals surface area contributed by atoms with E-state index >= 15 is 0 Å². The fourth-order valence-corrected chi connectivity index (χ4v) is 3.12. The summed E-state index contributed by atoms with van der Waals surface area (Å²) >= 11 is 0. The average molecular weight is 296 g/mol. The number of methoxy groups -OCH3 is 1. The van der Waals surface area contributed by atoms with Gasteiger partial charge < -0.3 is 4.74 Å². The van der Waals surface area contributed by atoms with Crippen LogP contribution in [0.1, 0.15) is 23.4 Å². The number of aryl methyl sites for hydroxylation is 1. The molecule has 0 fully saturated rings. The van der Waals surface area contributed by atoms with Gasteiger partial charge in [0, 0.05) is 5.69 Å². The van der Waals surface area contributed by atoms with Crippen molar-refractivity contribution >= 4 is 10.9 Å². The molecule has 0 saturated carbocycles. The van der Waals surface area contributed by atoms with Gasteiger partial charge in [0.25, 0.3) is 5.56 Å². The van der Waals surface area contributed by atoms with Crippen LogP contribution >= 0.6 is 0 Å². The maximum atomic E-state index is 12.7. The van der Waals surface area contributed by atoms with Crippen LogP contribution in [0, 0.1) is 0 Å².